The molecule has 3 atom stereocenters. The van der Waals surface area contributed by atoms with E-state index >= 15 is 0 Å². The second kappa shape index (κ2) is 10.6. The van der Waals surface area contributed by atoms with Gasteiger partial charge in [0.2, 0.25) is 5.91 Å². The van der Waals surface area contributed by atoms with Crippen molar-refractivity contribution >= 4 is 57.0 Å². The van der Waals surface area contributed by atoms with E-state index in [0.717, 1.165) is 4.68 Å². The fraction of sp³-hybridized carbons (Fsp3) is 0.345. The zero-order valence-corrected chi connectivity index (χ0v) is 24.5. The largest absolute Gasteiger partial charge is 0.352 e. The van der Waals surface area contributed by atoms with Gasteiger partial charge in [0.05, 0.1) is 40.1 Å². The van der Waals surface area contributed by atoms with Crippen molar-refractivity contribution < 1.29 is 13.4 Å². The summed E-state index contributed by atoms with van der Waals surface area (Å²) in [5.41, 5.74) is 2.84. The van der Waals surface area contributed by atoms with E-state index in [9.17, 15) is 18.7 Å². The highest BCUT2D eigenvalue weighted by atomic mass is 32.2. The van der Waals surface area contributed by atoms with Crippen molar-refractivity contribution in [3.63, 3.8) is 0 Å². The highest BCUT2D eigenvalue weighted by Gasteiger charge is 2.50. The Balaban J connectivity index is 1.47. The average Bonchev–Trinajstić information content (AvgIpc) is 3.44. The van der Waals surface area contributed by atoms with Crippen LogP contribution in [0, 0.1) is 17.1 Å². The molecule has 4 aromatic rings. The van der Waals surface area contributed by atoms with Gasteiger partial charge >= 0.3 is 0 Å². The van der Waals surface area contributed by atoms with Crippen molar-refractivity contribution in [3.8, 4) is 28.5 Å². The number of amides is 1. The van der Waals surface area contributed by atoms with Crippen molar-refractivity contribution in [1.29, 1.82) is 5.26 Å². The summed E-state index contributed by atoms with van der Waals surface area (Å²) in [5.74, 6) is 0.679. The molecule has 6 rings (SSSR count). The molecule has 2 aliphatic rings. The minimum atomic E-state index is -1.91. The molecule has 2 aromatic carbocycles. The maximum Gasteiger partial charge on any atom is 0.241 e. The van der Waals surface area contributed by atoms with Crippen LogP contribution < -0.4 is 4.90 Å². The van der Waals surface area contributed by atoms with Crippen LogP contribution in [0.15, 0.2) is 48.8 Å². The molecule has 4 heterocycles. The number of hydrogen-bond acceptors (Lipinski definition) is 7. The number of hydrogen-bond donors (Lipinski definition) is 0. The number of carbonyl (C=O) groups is 1. The van der Waals surface area contributed by atoms with Gasteiger partial charge in [-0.05, 0) is 54.8 Å². The molecule has 1 amide bonds. The highest BCUT2D eigenvalue weighted by molar-refractivity contribution is 7.88. The van der Waals surface area contributed by atoms with E-state index in [2.05, 4.69) is 20.0 Å². The number of nitrogens with zero attached hydrogens (tertiary/aromatic N) is 7. The second-order valence-corrected chi connectivity index (χ2v) is 13.2. The Morgan fingerprint density at radius 3 is 2.53 bits per heavy atom. The molecular formula is C29H25B3FN7O2S. The van der Waals surface area contributed by atoms with Crippen molar-refractivity contribution in [2.75, 3.05) is 30.3 Å². The lowest BCUT2D eigenvalue weighted by molar-refractivity contribution is -0.136. The van der Waals surface area contributed by atoms with Crippen LogP contribution in [0.5, 0.6) is 0 Å². The van der Waals surface area contributed by atoms with E-state index < -0.39 is 26.6 Å². The predicted molar refractivity (Wildman–Crippen MR) is 166 cm³/mol. The van der Waals surface area contributed by atoms with Gasteiger partial charge in [0.15, 0.2) is 0 Å². The summed E-state index contributed by atoms with van der Waals surface area (Å²) >= 11 is 0. The molecule has 6 radical (unpaired) electrons. The lowest BCUT2D eigenvalue weighted by atomic mass is 9.49. The van der Waals surface area contributed by atoms with E-state index in [1.807, 2.05) is 24.0 Å². The number of piperazine rings is 1. The number of nitriles is 1. The Labute approximate surface area is 255 Å². The summed E-state index contributed by atoms with van der Waals surface area (Å²) in [6.45, 7) is 5.11. The molecule has 14 heteroatoms. The number of fused-ring (bicyclic) bond motifs is 1. The van der Waals surface area contributed by atoms with E-state index in [1.165, 1.54) is 24.5 Å². The molecule has 0 bridgehead atoms. The molecule has 2 fully saturated rings. The Kier molecular flexibility index (Phi) is 7.20. The highest BCUT2D eigenvalue weighted by Crippen LogP contribution is 2.40. The van der Waals surface area contributed by atoms with Crippen LogP contribution in [0.2, 0.25) is 0 Å². The smallest absolute Gasteiger partial charge is 0.241 e. The molecule has 43 heavy (non-hydrogen) atoms. The molecule has 2 saturated heterocycles. The van der Waals surface area contributed by atoms with Gasteiger partial charge in [0.25, 0.3) is 0 Å². The Morgan fingerprint density at radius 2 is 1.93 bits per heavy atom. The van der Waals surface area contributed by atoms with E-state index in [4.69, 9.17) is 23.5 Å². The molecule has 0 N–H and O–H groups in total. The zero-order chi connectivity index (χ0) is 30.7. The first-order chi connectivity index (χ1) is 20.4. The summed E-state index contributed by atoms with van der Waals surface area (Å²) in [6.07, 6.45) is 2.06. The normalized spacial score (nSPS) is 22.3. The summed E-state index contributed by atoms with van der Waals surface area (Å²) < 4.78 is 27.0. The first-order valence-corrected chi connectivity index (χ1v) is 15.1. The van der Waals surface area contributed by atoms with Gasteiger partial charge in [-0.15, -0.1) is 0 Å². The summed E-state index contributed by atoms with van der Waals surface area (Å²) in [4.78, 5) is 26.5. The third kappa shape index (κ3) is 4.93. The number of halogens is 1. The maximum atomic E-state index is 14.4. The SMILES string of the molecule is [B]C([B])([B])n1nc(-c2ccc(-c3cccc(F)c3)c3c(N4CCN(C(=O)C5(C)CCS5=O)C(C)C4)ncnc23)cc1C#N. The van der Waals surface area contributed by atoms with Gasteiger partial charge in [0, 0.05) is 53.9 Å². The van der Waals surface area contributed by atoms with Crippen LogP contribution in [0.3, 0.4) is 0 Å². The fourth-order valence-electron chi connectivity index (χ4n) is 5.84. The molecular weight excluding hydrogens is 562 g/mol. The third-order valence-electron chi connectivity index (χ3n) is 8.28. The van der Waals surface area contributed by atoms with Crippen LogP contribution in [-0.4, -0.2) is 94.5 Å². The molecule has 0 aliphatic carbocycles. The summed E-state index contributed by atoms with van der Waals surface area (Å²) in [7, 11) is 16.4. The minimum absolute atomic E-state index is 0.0647. The molecule has 210 valence electrons. The van der Waals surface area contributed by atoms with Gasteiger partial charge in [0.1, 0.15) is 34.5 Å². The number of carbonyl (C=O) groups excluding carboxylic acids is 1. The monoisotopic (exact) mass is 587 g/mol. The number of rotatable bonds is 5. The average molecular weight is 587 g/mol. The second-order valence-electron chi connectivity index (χ2n) is 11.2. The molecule has 2 aromatic heterocycles. The molecule has 0 saturated carbocycles. The van der Waals surface area contributed by atoms with Gasteiger partial charge < -0.3 is 9.80 Å². The van der Waals surface area contributed by atoms with Crippen LogP contribution in [0.4, 0.5) is 10.2 Å². The van der Waals surface area contributed by atoms with Gasteiger partial charge in [-0.1, -0.05) is 18.2 Å². The minimum Gasteiger partial charge on any atom is -0.352 e. The van der Waals surface area contributed by atoms with Crippen molar-refractivity contribution in [1.82, 2.24) is 24.6 Å². The molecule has 2 aliphatic heterocycles. The van der Waals surface area contributed by atoms with Crippen molar-refractivity contribution in [2.45, 2.75) is 36.3 Å². The number of anilines is 1. The lowest BCUT2D eigenvalue weighted by Gasteiger charge is -2.46. The summed E-state index contributed by atoms with van der Waals surface area (Å²) in [6, 6.07) is 13.2. The topological polar surface area (TPSA) is 108 Å². The Hall–Kier alpha value is -3.98. The van der Waals surface area contributed by atoms with Crippen LogP contribution in [0.1, 0.15) is 26.0 Å². The van der Waals surface area contributed by atoms with Gasteiger partial charge in [-0.25, -0.2) is 14.4 Å². The van der Waals surface area contributed by atoms with E-state index in [-0.39, 0.29) is 17.6 Å². The first-order valence-electron chi connectivity index (χ1n) is 13.8. The van der Waals surface area contributed by atoms with Crippen LogP contribution in [0.25, 0.3) is 33.3 Å². The summed E-state index contributed by atoms with van der Waals surface area (Å²) in [5, 5.41) is 12.8. The van der Waals surface area contributed by atoms with Crippen LogP contribution in [-0.2, 0) is 20.8 Å². The maximum absolute atomic E-state index is 14.4. The Morgan fingerprint density at radius 1 is 1.16 bits per heavy atom. The van der Waals surface area contributed by atoms with E-state index in [1.54, 1.807) is 25.1 Å². The molecule has 0 spiro atoms. The number of aromatic nitrogens is 4. The zero-order valence-electron chi connectivity index (χ0n) is 23.7. The predicted octanol–water partition coefficient (Wildman–Crippen LogP) is 2.19. The molecule has 3 unspecified atom stereocenters. The van der Waals surface area contributed by atoms with Gasteiger partial charge in [-0.3, -0.25) is 13.7 Å². The van der Waals surface area contributed by atoms with Crippen molar-refractivity contribution in [2.24, 2.45) is 0 Å². The Bertz CT molecular complexity index is 1840. The van der Waals surface area contributed by atoms with Crippen LogP contribution >= 0.6 is 0 Å². The standard InChI is InChI=1S/C29H25B3FN7O2S/c1-17-15-38(9-10-39(17)27(41)28(2)8-11-43(28)42)26-24-21(18-4-3-5-19(33)12-18)6-7-22(25(24)35-16-36-26)23-13-20(14-34)40(37-23)29(30,31)32/h3-7,12-13,16-17H,8-11,15H2,1-2H3. The van der Waals surface area contributed by atoms with Gasteiger partial charge in [-0.2, -0.15) is 10.4 Å². The quantitative estimate of drug-likeness (QED) is 0.330. The number of benzene rings is 2. The third-order valence-corrected chi connectivity index (χ3v) is 10.2. The lowest BCUT2D eigenvalue weighted by Crippen LogP contribution is -2.63. The van der Waals surface area contributed by atoms with Crippen molar-refractivity contribution in [3.05, 3.63) is 60.3 Å². The fourth-order valence-corrected chi connectivity index (χ4v) is 7.13. The van der Waals surface area contributed by atoms with E-state index in [0.29, 0.717) is 70.9 Å². The molecule has 9 nitrogen and oxygen atoms in total. The first kappa shape index (κ1) is 29.1.